The monoisotopic (exact) mass is 363 g/mol. The van der Waals surface area contributed by atoms with Gasteiger partial charge in [-0.2, -0.15) is 0 Å². The van der Waals surface area contributed by atoms with Crippen molar-refractivity contribution < 1.29 is 19.4 Å². The third-order valence-electron chi connectivity index (χ3n) is 3.23. The van der Waals surface area contributed by atoms with E-state index in [0.717, 1.165) is 0 Å². The van der Waals surface area contributed by atoms with Crippen LogP contribution < -0.4 is 10.1 Å². The second kappa shape index (κ2) is 6.62. The molecule has 2 rings (SSSR count). The van der Waals surface area contributed by atoms with Crippen molar-refractivity contribution in [3.63, 3.8) is 0 Å². The number of hydrogen-bond donors (Lipinski definition) is 2. The molecule has 0 radical (unpaired) electrons. The molecule has 0 saturated carbocycles. The lowest BCUT2D eigenvalue weighted by Gasteiger charge is -2.11. The zero-order valence-electron chi connectivity index (χ0n) is 12.0. The molecule has 2 aromatic rings. The van der Waals surface area contributed by atoms with Crippen molar-refractivity contribution in [1.29, 1.82) is 0 Å². The van der Waals surface area contributed by atoms with Crippen LogP contribution in [0.15, 0.2) is 40.9 Å². The van der Waals surface area contributed by atoms with Crippen molar-refractivity contribution in [3.05, 3.63) is 57.6 Å². The van der Waals surface area contributed by atoms with Crippen molar-refractivity contribution in [2.45, 2.75) is 6.92 Å². The summed E-state index contributed by atoms with van der Waals surface area (Å²) in [4.78, 5) is 23.4. The van der Waals surface area contributed by atoms with Gasteiger partial charge in [-0.15, -0.1) is 0 Å². The molecule has 0 unspecified atom stereocenters. The van der Waals surface area contributed by atoms with Gasteiger partial charge >= 0.3 is 5.97 Å². The number of rotatable bonds is 4. The number of ether oxygens (including phenoxy) is 1. The Morgan fingerprint density at radius 3 is 2.55 bits per heavy atom. The zero-order chi connectivity index (χ0) is 16.3. The molecule has 0 aromatic heterocycles. The first kappa shape index (κ1) is 16.0. The van der Waals surface area contributed by atoms with E-state index < -0.39 is 5.97 Å². The summed E-state index contributed by atoms with van der Waals surface area (Å²) in [5.41, 5.74) is 1.58. The second-order valence-corrected chi connectivity index (χ2v) is 5.44. The lowest BCUT2D eigenvalue weighted by atomic mass is 10.1. The minimum Gasteiger partial charge on any atom is -0.496 e. The quantitative estimate of drug-likeness (QED) is 0.867. The summed E-state index contributed by atoms with van der Waals surface area (Å²) in [6.07, 6.45) is 0. The minimum atomic E-state index is -1.03. The summed E-state index contributed by atoms with van der Waals surface area (Å²) < 4.78 is 5.78. The van der Waals surface area contributed by atoms with E-state index in [2.05, 4.69) is 21.2 Å². The summed E-state index contributed by atoms with van der Waals surface area (Å²) in [7, 11) is 1.54. The highest BCUT2D eigenvalue weighted by Crippen LogP contribution is 2.26. The van der Waals surface area contributed by atoms with E-state index in [1.165, 1.54) is 6.07 Å². The van der Waals surface area contributed by atoms with Crippen molar-refractivity contribution >= 4 is 33.5 Å². The van der Waals surface area contributed by atoms with Crippen LogP contribution in [0.3, 0.4) is 0 Å². The summed E-state index contributed by atoms with van der Waals surface area (Å²) >= 11 is 3.32. The lowest BCUT2D eigenvalue weighted by molar-refractivity contribution is 0.0695. The van der Waals surface area contributed by atoms with E-state index in [1.54, 1.807) is 44.4 Å². The molecule has 0 fully saturated rings. The Labute approximate surface area is 136 Å². The van der Waals surface area contributed by atoms with Crippen LogP contribution in [0, 0.1) is 6.92 Å². The highest BCUT2D eigenvalue weighted by atomic mass is 79.9. The number of carboxylic acid groups (broad SMARTS) is 1. The Hall–Kier alpha value is -2.34. The van der Waals surface area contributed by atoms with Gasteiger partial charge in [-0.1, -0.05) is 6.07 Å². The second-order valence-electron chi connectivity index (χ2n) is 4.59. The molecule has 0 aliphatic rings. The first-order chi connectivity index (χ1) is 10.4. The van der Waals surface area contributed by atoms with Crippen molar-refractivity contribution in [3.8, 4) is 5.75 Å². The van der Waals surface area contributed by atoms with Crippen molar-refractivity contribution in [2.75, 3.05) is 12.4 Å². The Kier molecular flexibility index (Phi) is 4.82. The van der Waals surface area contributed by atoms with Crippen LogP contribution >= 0.6 is 15.9 Å². The average Bonchev–Trinajstić information content (AvgIpc) is 2.48. The minimum absolute atomic E-state index is 0.161. The SMILES string of the molecule is COc1ccc(C(=O)Nc2cccc(C(=O)O)c2C)cc1Br. The maximum atomic E-state index is 12.3. The molecule has 0 bridgehead atoms. The normalized spacial score (nSPS) is 10.1. The third kappa shape index (κ3) is 3.28. The van der Waals surface area contributed by atoms with Gasteiger partial charge in [0.15, 0.2) is 0 Å². The number of nitrogens with one attached hydrogen (secondary N) is 1. The standard InChI is InChI=1S/C16H14BrNO4/c1-9-11(16(20)21)4-3-5-13(9)18-15(19)10-6-7-14(22-2)12(17)8-10/h3-8H,1-2H3,(H,18,19)(H,20,21). The predicted molar refractivity (Wildman–Crippen MR) is 86.8 cm³/mol. The number of methoxy groups -OCH3 is 1. The summed E-state index contributed by atoms with van der Waals surface area (Å²) in [6.45, 7) is 1.66. The van der Waals surface area contributed by atoms with E-state index >= 15 is 0 Å². The number of halogens is 1. The van der Waals surface area contributed by atoms with Crippen LogP contribution in [-0.2, 0) is 0 Å². The molecule has 2 aromatic carbocycles. The van der Waals surface area contributed by atoms with Crippen LogP contribution in [0.25, 0.3) is 0 Å². The van der Waals surface area contributed by atoms with E-state index in [4.69, 9.17) is 9.84 Å². The van der Waals surface area contributed by atoms with Gasteiger partial charge in [0.25, 0.3) is 5.91 Å². The van der Waals surface area contributed by atoms with Crippen molar-refractivity contribution in [1.82, 2.24) is 0 Å². The molecule has 114 valence electrons. The number of benzene rings is 2. The van der Waals surface area contributed by atoms with Gasteiger partial charge in [-0.25, -0.2) is 4.79 Å². The fourth-order valence-electron chi connectivity index (χ4n) is 2.00. The van der Waals surface area contributed by atoms with Gasteiger partial charge in [0, 0.05) is 11.3 Å². The van der Waals surface area contributed by atoms with Crippen LogP contribution in [0.5, 0.6) is 5.75 Å². The molecule has 0 heterocycles. The smallest absolute Gasteiger partial charge is 0.336 e. The predicted octanol–water partition coefficient (Wildman–Crippen LogP) is 3.72. The summed E-state index contributed by atoms with van der Waals surface area (Å²) in [5, 5.41) is 11.8. The van der Waals surface area contributed by atoms with Gasteiger partial charge in [-0.3, -0.25) is 4.79 Å². The zero-order valence-corrected chi connectivity index (χ0v) is 13.6. The Morgan fingerprint density at radius 1 is 1.23 bits per heavy atom. The number of carbonyl (C=O) groups excluding carboxylic acids is 1. The Balaban J connectivity index is 2.28. The van der Waals surface area contributed by atoms with Gasteiger partial charge < -0.3 is 15.2 Å². The van der Waals surface area contributed by atoms with Gasteiger partial charge in [0.2, 0.25) is 0 Å². The first-order valence-corrected chi connectivity index (χ1v) is 7.21. The number of carboxylic acids is 1. The van der Waals surface area contributed by atoms with Crippen LogP contribution in [0.2, 0.25) is 0 Å². The third-order valence-corrected chi connectivity index (χ3v) is 3.85. The maximum absolute atomic E-state index is 12.3. The largest absolute Gasteiger partial charge is 0.496 e. The topological polar surface area (TPSA) is 75.6 Å². The molecule has 0 spiro atoms. The molecule has 2 N–H and O–H groups in total. The van der Waals surface area contributed by atoms with Gasteiger partial charge in [0.1, 0.15) is 5.75 Å². The van der Waals surface area contributed by atoms with Gasteiger partial charge in [-0.05, 0) is 58.7 Å². The number of carbonyl (C=O) groups is 2. The molecule has 0 aliphatic carbocycles. The van der Waals surface area contributed by atoms with E-state index in [1.807, 2.05) is 0 Å². The number of anilines is 1. The molecule has 6 heteroatoms. The molecule has 0 atom stereocenters. The fraction of sp³-hybridized carbons (Fsp3) is 0.125. The number of amides is 1. The number of hydrogen-bond acceptors (Lipinski definition) is 3. The molecule has 0 aliphatic heterocycles. The van der Waals surface area contributed by atoms with E-state index in [0.29, 0.717) is 27.0 Å². The van der Waals surface area contributed by atoms with Crippen LogP contribution in [-0.4, -0.2) is 24.1 Å². The Morgan fingerprint density at radius 2 is 1.95 bits per heavy atom. The highest BCUT2D eigenvalue weighted by Gasteiger charge is 2.14. The van der Waals surface area contributed by atoms with E-state index in [-0.39, 0.29) is 11.5 Å². The molecule has 0 saturated heterocycles. The fourth-order valence-corrected chi connectivity index (χ4v) is 2.55. The highest BCUT2D eigenvalue weighted by molar-refractivity contribution is 9.10. The molecule has 22 heavy (non-hydrogen) atoms. The average molecular weight is 364 g/mol. The van der Waals surface area contributed by atoms with Crippen LogP contribution in [0.1, 0.15) is 26.3 Å². The van der Waals surface area contributed by atoms with Gasteiger partial charge in [0.05, 0.1) is 17.1 Å². The first-order valence-electron chi connectivity index (χ1n) is 6.42. The summed E-state index contributed by atoms with van der Waals surface area (Å²) in [6, 6.07) is 9.71. The molecular weight excluding hydrogens is 350 g/mol. The molecule has 1 amide bonds. The van der Waals surface area contributed by atoms with Crippen LogP contribution in [0.4, 0.5) is 5.69 Å². The molecular formula is C16H14BrNO4. The summed E-state index contributed by atoms with van der Waals surface area (Å²) in [5.74, 6) is -0.726. The van der Waals surface area contributed by atoms with Crippen molar-refractivity contribution in [2.24, 2.45) is 0 Å². The molecule has 5 nitrogen and oxygen atoms in total. The number of aromatic carboxylic acids is 1. The van der Waals surface area contributed by atoms with E-state index in [9.17, 15) is 9.59 Å². The maximum Gasteiger partial charge on any atom is 0.336 e. The lowest BCUT2D eigenvalue weighted by Crippen LogP contribution is -2.14. The Bertz CT molecular complexity index is 743.